The summed E-state index contributed by atoms with van der Waals surface area (Å²) in [5.74, 6) is 1.81. The quantitative estimate of drug-likeness (QED) is 0.737. The molecular formula is C19H26N6O2. The van der Waals surface area contributed by atoms with Gasteiger partial charge in [-0.05, 0) is 25.2 Å². The van der Waals surface area contributed by atoms with Gasteiger partial charge in [0, 0.05) is 44.9 Å². The van der Waals surface area contributed by atoms with Crippen LogP contribution in [0, 0.1) is 0 Å². The molecule has 0 unspecified atom stereocenters. The minimum atomic E-state index is -0.0415. The summed E-state index contributed by atoms with van der Waals surface area (Å²) in [6.45, 7) is 5.16. The van der Waals surface area contributed by atoms with Crippen LogP contribution in [0.3, 0.4) is 0 Å². The van der Waals surface area contributed by atoms with Crippen molar-refractivity contribution < 1.29 is 9.47 Å². The lowest BCUT2D eigenvalue weighted by Crippen LogP contribution is -2.44. The van der Waals surface area contributed by atoms with E-state index in [1.807, 2.05) is 12.1 Å². The Morgan fingerprint density at radius 1 is 1.11 bits per heavy atom. The highest BCUT2D eigenvalue weighted by molar-refractivity contribution is 5.61. The van der Waals surface area contributed by atoms with E-state index in [0.717, 1.165) is 54.7 Å². The highest BCUT2D eigenvalue weighted by Gasteiger charge is 2.26. The maximum Gasteiger partial charge on any atom is 0.132 e. The van der Waals surface area contributed by atoms with Crippen LogP contribution in [0.5, 0.6) is 5.75 Å². The molecule has 27 heavy (non-hydrogen) atoms. The van der Waals surface area contributed by atoms with Crippen molar-refractivity contribution >= 4 is 11.5 Å². The summed E-state index contributed by atoms with van der Waals surface area (Å²) in [7, 11) is 3.82. The molecule has 0 spiro atoms. The Kier molecular flexibility index (Phi) is 5.38. The number of methoxy groups -OCH3 is 1. The number of anilines is 2. The highest BCUT2D eigenvalue weighted by Crippen LogP contribution is 2.35. The molecule has 2 aliphatic rings. The van der Waals surface area contributed by atoms with Gasteiger partial charge in [0.15, 0.2) is 0 Å². The van der Waals surface area contributed by atoms with Crippen LogP contribution < -0.4 is 20.5 Å². The van der Waals surface area contributed by atoms with Crippen molar-refractivity contribution in [3.05, 3.63) is 41.9 Å². The van der Waals surface area contributed by atoms with Crippen molar-refractivity contribution in [1.82, 2.24) is 20.3 Å². The molecule has 0 saturated carbocycles. The van der Waals surface area contributed by atoms with E-state index in [1.54, 1.807) is 13.4 Å². The van der Waals surface area contributed by atoms with Crippen LogP contribution in [-0.4, -0.2) is 68.4 Å². The van der Waals surface area contributed by atoms with Gasteiger partial charge in [0.1, 0.15) is 24.5 Å². The van der Waals surface area contributed by atoms with E-state index in [-0.39, 0.29) is 6.04 Å². The van der Waals surface area contributed by atoms with Crippen molar-refractivity contribution in [3.63, 3.8) is 0 Å². The number of aromatic nitrogens is 2. The van der Waals surface area contributed by atoms with E-state index in [1.165, 1.54) is 0 Å². The average molecular weight is 370 g/mol. The van der Waals surface area contributed by atoms with E-state index in [9.17, 15) is 0 Å². The predicted octanol–water partition coefficient (Wildman–Crippen LogP) is 1.27. The third-order valence-corrected chi connectivity index (χ3v) is 5.04. The van der Waals surface area contributed by atoms with Crippen molar-refractivity contribution in [2.45, 2.75) is 6.04 Å². The summed E-state index contributed by atoms with van der Waals surface area (Å²) in [6, 6.07) is 8.08. The molecule has 8 nitrogen and oxygen atoms in total. The van der Waals surface area contributed by atoms with Crippen LogP contribution in [0.25, 0.3) is 0 Å². The first-order valence-corrected chi connectivity index (χ1v) is 9.27. The molecule has 144 valence electrons. The van der Waals surface area contributed by atoms with Gasteiger partial charge < -0.3 is 24.7 Å². The number of benzene rings is 1. The number of hydrazine groups is 1. The molecule has 1 aromatic carbocycles. The first-order chi connectivity index (χ1) is 13.2. The second-order valence-electron chi connectivity index (χ2n) is 6.88. The number of likely N-dealkylation sites (N-methyl/N-ethyl adjacent to an activating group) is 1. The summed E-state index contributed by atoms with van der Waals surface area (Å²) >= 11 is 0. The molecule has 1 saturated heterocycles. The normalized spacial score (nSPS) is 19.6. The lowest BCUT2D eigenvalue weighted by Gasteiger charge is -2.33. The number of nitrogens with one attached hydrogen (secondary N) is 2. The SMILES string of the molecule is COCCOc1ccc2c(c1)[C@H](c1cc(N3CCN(C)CC3)ncn1)NN2. The highest BCUT2D eigenvalue weighted by atomic mass is 16.5. The summed E-state index contributed by atoms with van der Waals surface area (Å²) in [6.07, 6.45) is 1.65. The number of hydrogen-bond donors (Lipinski definition) is 2. The fourth-order valence-corrected chi connectivity index (χ4v) is 3.41. The number of nitrogens with zero attached hydrogens (tertiary/aromatic N) is 4. The van der Waals surface area contributed by atoms with E-state index < -0.39 is 0 Å². The van der Waals surface area contributed by atoms with Crippen LogP contribution in [0.15, 0.2) is 30.6 Å². The van der Waals surface area contributed by atoms with Crippen LogP contribution in [0.4, 0.5) is 11.5 Å². The van der Waals surface area contributed by atoms with Gasteiger partial charge in [0.2, 0.25) is 0 Å². The summed E-state index contributed by atoms with van der Waals surface area (Å²) in [5, 5.41) is 0. The number of rotatable bonds is 6. The third kappa shape index (κ3) is 3.97. The molecule has 1 aromatic heterocycles. The Balaban J connectivity index is 1.53. The Labute approximate surface area is 159 Å². The number of hydrogen-bond acceptors (Lipinski definition) is 8. The van der Waals surface area contributed by atoms with Crippen molar-refractivity contribution in [3.8, 4) is 5.75 Å². The standard InChI is InChI=1S/C19H26N6O2/c1-24-5-7-25(8-6-24)18-12-17(20-13-21-18)19-15-11-14(27-10-9-26-2)3-4-16(15)22-23-19/h3-4,11-13,19,22-23H,5-10H2,1-2H3/t19-/m1/s1. The minimum absolute atomic E-state index is 0.0415. The minimum Gasteiger partial charge on any atom is -0.491 e. The Morgan fingerprint density at radius 2 is 1.96 bits per heavy atom. The van der Waals surface area contributed by atoms with Gasteiger partial charge in [-0.3, -0.25) is 0 Å². The van der Waals surface area contributed by atoms with Gasteiger partial charge in [-0.15, -0.1) is 0 Å². The second-order valence-corrected chi connectivity index (χ2v) is 6.88. The van der Waals surface area contributed by atoms with Gasteiger partial charge in [-0.25, -0.2) is 15.4 Å². The molecule has 4 rings (SSSR count). The zero-order valence-corrected chi connectivity index (χ0v) is 15.8. The molecule has 1 atom stereocenters. The second kappa shape index (κ2) is 8.08. The van der Waals surface area contributed by atoms with E-state index in [2.05, 4.69) is 49.8 Å². The summed E-state index contributed by atoms with van der Waals surface area (Å²) in [5.41, 5.74) is 9.66. The van der Waals surface area contributed by atoms with E-state index >= 15 is 0 Å². The Morgan fingerprint density at radius 3 is 2.78 bits per heavy atom. The van der Waals surface area contributed by atoms with Crippen LogP contribution in [-0.2, 0) is 4.74 Å². The van der Waals surface area contributed by atoms with Crippen LogP contribution in [0.2, 0.25) is 0 Å². The molecule has 2 N–H and O–H groups in total. The predicted molar refractivity (Wildman–Crippen MR) is 104 cm³/mol. The lowest BCUT2D eigenvalue weighted by atomic mass is 10.0. The maximum atomic E-state index is 5.76. The molecule has 8 heteroatoms. The molecule has 0 radical (unpaired) electrons. The van der Waals surface area contributed by atoms with Gasteiger partial charge >= 0.3 is 0 Å². The largest absolute Gasteiger partial charge is 0.491 e. The Bertz CT molecular complexity index is 779. The zero-order valence-electron chi connectivity index (χ0n) is 15.8. The fourth-order valence-electron chi connectivity index (χ4n) is 3.41. The number of fused-ring (bicyclic) bond motifs is 1. The van der Waals surface area contributed by atoms with E-state index in [4.69, 9.17) is 9.47 Å². The van der Waals surface area contributed by atoms with E-state index in [0.29, 0.717) is 13.2 Å². The first kappa shape index (κ1) is 18.0. The molecule has 3 heterocycles. The third-order valence-electron chi connectivity index (χ3n) is 5.04. The lowest BCUT2D eigenvalue weighted by molar-refractivity contribution is 0.146. The van der Waals surface area contributed by atoms with Crippen LogP contribution >= 0.6 is 0 Å². The Hall–Kier alpha value is -2.42. The summed E-state index contributed by atoms with van der Waals surface area (Å²) in [4.78, 5) is 13.7. The van der Waals surface area contributed by atoms with Gasteiger partial charge in [0.25, 0.3) is 0 Å². The topological polar surface area (TPSA) is 74.8 Å². The fraction of sp³-hybridized carbons (Fsp3) is 0.474. The smallest absolute Gasteiger partial charge is 0.132 e. The van der Waals surface area contributed by atoms with Crippen LogP contribution in [0.1, 0.15) is 17.3 Å². The zero-order chi connectivity index (χ0) is 18.6. The molecular weight excluding hydrogens is 344 g/mol. The van der Waals surface area contributed by atoms with Crippen molar-refractivity contribution in [1.29, 1.82) is 0 Å². The molecule has 0 aliphatic carbocycles. The molecule has 2 aromatic rings. The number of ether oxygens (including phenoxy) is 2. The average Bonchev–Trinajstić information content (AvgIpc) is 3.12. The molecule has 0 amide bonds. The molecule has 2 aliphatic heterocycles. The van der Waals surface area contributed by atoms with Gasteiger partial charge in [-0.2, -0.15) is 0 Å². The monoisotopic (exact) mass is 370 g/mol. The van der Waals surface area contributed by atoms with Gasteiger partial charge in [0.05, 0.1) is 24.0 Å². The van der Waals surface area contributed by atoms with Gasteiger partial charge in [-0.1, -0.05) is 0 Å². The number of piperazine rings is 1. The maximum absolute atomic E-state index is 5.76. The van der Waals surface area contributed by atoms with Crippen molar-refractivity contribution in [2.24, 2.45) is 0 Å². The molecule has 0 bridgehead atoms. The van der Waals surface area contributed by atoms with Crippen molar-refractivity contribution in [2.75, 3.05) is 63.9 Å². The first-order valence-electron chi connectivity index (χ1n) is 9.27. The molecule has 1 fully saturated rings. The summed E-state index contributed by atoms with van der Waals surface area (Å²) < 4.78 is 10.8.